The molecular formula is C20H17FN2O4S. The van der Waals surface area contributed by atoms with Gasteiger partial charge in [0.25, 0.3) is 15.9 Å². The Kier molecular flexibility index (Phi) is 5.32. The topological polar surface area (TPSA) is 95.5 Å². The first kappa shape index (κ1) is 19.4. The number of aryl methyl sites for hydroxylation is 1. The van der Waals surface area contributed by atoms with Crippen molar-refractivity contribution in [3.05, 3.63) is 83.7 Å². The summed E-state index contributed by atoms with van der Waals surface area (Å²) in [6, 6.07) is 15.5. The highest BCUT2D eigenvalue weighted by atomic mass is 32.2. The van der Waals surface area contributed by atoms with Gasteiger partial charge in [-0.3, -0.25) is 9.52 Å². The van der Waals surface area contributed by atoms with Gasteiger partial charge in [0.05, 0.1) is 4.90 Å². The Balaban J connectivity index is 1.73. The Morgan fingerprint density at radius 2 is 1.68 bits per heavy atom. The molecular weight excluding hydrogens is 383 g/mol. The number of aromatic hydroxyl groups is 1. The molecule has 0 aliphatic carbocycles. The summed E-state index contributed by atoms with van der Waals surface area (Å²) in [7, 11) is -3.88. The van der Waals surface area contributed by atoms with Crippen molar-refractivity contribution in [3.8, 4) is 5.75 Å². The molecule has 28 heavy (non-hydrogen) atoms. The van der Waals surface area contributed by atoms with Gasteiger partial charge in [0.1, 0.15) is 11.6 Å². The number of hydrogen-bond donors (Lipinski definition) is 3. The van der Waals surface area contributed by atoms with E-state index in [-0.39, 0.29) is 21.9 Å². The lowest BCUT2D eigenvalue weighted by Gasteiger charge is -2.10. The maximum absolute atomic E-state index is 13.3. The number of anilines is 2. The Hall–Kier alpha value is -3.39. The van der Waals surface area contributed by atoms with E-state index in [1.807, 2.05) is 0 Å². The number of benzene rings is 3. The molecule has 0 saturated carbocycles. The van der Waals surface area contributed by atoms with Crippen LogP contribution in [-0.4, -0.2) is 19.4 Å². The third-order valence-electron chi connectivity index (χ3n) is 3.94. The molecule has 0 aliphatic heterocycles. The number of halogens is 1. The van der Waals surface area contributed by atoms with Crippen LogP contribution in [0.2, 0.25) is 0 Å². The average Bonchev–Trinajstić information content (AvgIpc) is 2.64. The zero-order chi connectivity index (χ0) is 20.3. The number of amides is 1. The van der Waals surface area contributed by atoms with Crippen molar-refractivity contribution in [1.29, 1.82) is 0 Å². The molecule has 3 aromatic rings. The molecule has 3 N–H and O–H groups in total. The summed E-state index contributed by atoms with van der Waals surface area (Å²) in [6.07, 6.45) is 0. The largest absolute Gasteiger partial charge is 0.508 e. The number of carbonyl (C=O) groups excluding carboxylic acids is 1. The molecule has 3 aromatic carbocycles. The third kappa shape index (κ3) is 4.47. The SMILES string of the molecule is Cc1cc(S(=O)(=O)Nc2ccc(C(=O)Nc3cccc(O)c3)cc2)ccc1F. The van der Waals surface area contributed by atoms with E-state index in [1.54, 1.807) is 12.1 Å². The summed E-state index contributed by atoms with van der Waals surface area (Å²) in [5, 5.41) is 12.1. The Bertz CT molecular complexity index is 1130. The number of rotatable bonds is 5. The van der Waals surface area contributed by atoms with Crippen LogP contribution in [0.5, 0.6) is 5.75 Å². The van der Waals surface area contributed by atoms with Crippen LogP contribution in [0.4, 0.5) is 15.8 Å². The molecule has 8 heteroatoms. The van der Waals surface area contributed by atoms with Gasteiger partial charge >= 0.3 is 0 Å². The first-order valence-electron chi connectivity index (χ1n) is 8.24. The molecule has 0 heterocycles. The zero-order valence-electron chi connectivity index (χ0n) is 14.8. The molecule has 0 fully saturated rings. The Morgan fingerprint density at radius 3 is 2.32 bits per heavy atom. The number of phenolic OH excluding ortho intramolecular Hbond substituents is 1. The van der Waals surface area contributed by atoms with Gasteiger partial charge in [0.15, 0.2) is 0 Å². The van der Waals surface area contributed by atoms with Crippen molar-refractivity contribution >= 4 is 27.3 Å². The van der Waals surface area contributed by atoms with E-state index in [9.17, 15) is 22.7 Å². The number of hydrogen-bond acceptors (Lipinski definition) is 4. The van der Waals surface area contributed by atoms with E-state index < -0.39 is 21.7 Å². The number of sulfonamides is 1. The molecule has 0 aromatic heterocycles. The van der Waals surface area contributed by atoms with Crippen LogP contribution >= 0.6 is 0 Å². The van der Waals surface area contributed by atoms with E-state index in [4.69, 9.17) is 0 Å². The molecule has 0 bridgehead atoms. The minimum atomic E-state index is -3.88. The second kappa shape index (κ2) is 7.69. The first-order valence-corrected chi connectivity index (χ1v) is 9.72. The fourth-order valence-electron chi connectivity index (χ4n) is 2.47. The highest BCUT2D eigenvalue weighted by Crippen LogP contribution is 2.20. The van der Waals surface area contributed by atoms with Gasteiger partial charge in [0.2, 0.25) is 0 Å². The van der Waals surface area contributed by atoms with E-state index in [0.29, 0.717) is 11.3 Å². The van der Waals surface area contributed by atoms with Gasteiger partial charge in [-0.25, -0.2) is 12.8 Å². The fraction of sp³-hybridized carbons (Fsp3) is 0.0500. The van der Waals surface area contributed by atoms with Crippen LogP contribution in [0.15, 0.2) is 71.6 Å². The van der Waals surface area contributed by atoms with Gasteiger partial charge in [0, 0.05) is 23.0 Å². The standard InChI is InChI=1S/C20H17FN2O4S/c1-13-11-18(9-10-19(13)21)28(26,27)23-15-7-5-14(6-8-15)20(25)22-16-3-2-4-17(24)12-16/h2-12,23-24H,1H3,(H,22,25). The molecule has 3 rings (SSSR count). The van der Waals surface area contributed by atoms with Crippen LogP contribution in [0.25, 0.3) is 0 Å². The minimum Gasteiger partial charge on any atom is -0.508 e. The highest BCUT2D eigenvalue weighted by molar-refractivity contribution is 7.92. The van der Waals surface area contributed by atoms with Crippen LogP contribution in [0, 0.1) is 12.7 Å². The molecule has 0 unspecified atom stereocenters. The monoisotopic (exact) mass is 400 g/mol. The summed E-state index contributed by atoms with van der Waals surface area (Å²) in [5.41, 5.74) is 1.23. The number of phenols is 1. The van der Waals surface area contributed by atoms with Gasteiger partial charge in [-0.2, -0.15) is 0 Å². The van der Waals surface area contributed by atoms with E-state index >= 15 is 0 Å². The second-order valence-electron chi connectivity index (χ2n) is 6.10. The van der Waals surface area contributed by atoms with Crippen molar-refractivity contribution in [2.45, 2.75) is 11.8 Å². The molecule has 0 saturated heterocycles. The predicted molar refractivity (Wildman–Crippen MR) is 104 cm³/mol. The van der Waals surface area contributed by atoms with E-state index in [2.05, 4.69) is 10.0 Å². The van der Waals surface area contributed by atoms with Crippen molar-refractivity contribution in [2.75, 3.05) is 10.0 Å². The van der Waals surface area contributed by atoms with E-state index in [1.165, 1.54) is 55.5 Å². The van der Waals surface area contributed by atoms with E-state index in [0.717, 1.165) is 6.07 Å². The number of nitrogens with one attached hydrogen (secondary N) is 2. The molecule has 6 nitrogen and oxygen atoms in total. The van der Waals surface area contributed by atoms with Gasteiger partial charge in [-0.15, -0.1) is 0 Å². The number of carbonyl (C=O) groups is 1. The normalized spacial score (nSPS) is 11.1. The average molecular weight is 400 g/mol. The zero-order valence-corrected chi connectivity index (χ0v) is 15.6. The maximum Gasteiger partial charge on any atom is 0.261 e. The molecule has 1 amide bonds. The smallest absolute Gasteiger partial charge is 0.261 e. The van der Waals surface area contributed by atoms with Crippen LogP contribution in [-0.2, 0) is 10.0 Å². The Labute approximate surface area is 161 Å². The van der Waals surface area contributed by atoms with Crippen LogP contribution in [0.1, 0.15) is 15.9 Å². The molecule has 0 spiro atoms. The lowest BCUT2D eigenvalue weighted by molar-refractivity contribution is 0.102. The van der Waals surface area contributed by atoms with Crippen molar-refractivity contribution in [3.63, 3.8) is 0 Å². The molecule has 144 valence electrons. The summed E-state index contributed by atoms with van der Waals surface area (Å²) in [5.74, 6) is -0.867. The summed E-state index contributed by atoms with van der Waals surface area (Å²) in [6.45, 7) is 1.48. The van der Waals surface area contributed by atoms with Crippen LogP contribution in [0.3, 0.4) is 0 Å². The second-order valence-corrected chi connectivity index (χ2v) is 7.78. The maximum atomic E-state index is 13.3. The fourth-order valence-corrected chi connectivity index (χ4v) is 3.62. The lowest BCUT2D eigenvalue weighted by Crippen LogP contribution is -2.14. The summed E-state index contributed by atoms with van der Waals surface area (Å²) < 4.78 is 40.6. The molecule has 0 atom stereocenters. The molecule has 0 radical (unpaired) electrons. The highest BCUT2D eigenvalue weighted by Gasteiger charge is 2.16. The molecule has 0 aliphatic rings. The summed E-state index contributed by atoms with van der Waals surface area (Å²) >= 11 is 0. The predicted octanol–water partition coefficient (Wildman–Crippen LogP) is 3.89. The van der Waals surface area contributed by atoms with Crippen molar-refractivity contribution in [1.82, 2.24) is 0 Å². The first-order chi connectivity index (χ1) is 13.2. The third-order valence-corrected chi connectivity index (χ3v) is 5.32. The van der Waals surface area contributed by atoms with Crippen LogP contribution < -0.4 is 10.0 Å². The van der Waals surface area contributed by atoms with Gasteiger partial charge in [-0.1, -0.05) is 6.07 Å². The summed E-state index contributed by atoms with van der Waals surface area (Å²) in [4.78, 5) is 12.2. The minimum absolute atomic E-state index is 0.0265. The lowest BCUT2D eigenvalue weighted by atomic mass is 10.2. The quantitative estimate of drug-likeness (QED) is 0.605. The van der Waals surface area contributed by atoms with Gasteiger partial charge < -0.3 is 10.4 Å². The van der Waals surface area contributed by atoms with Crippen molar-refractivity contribution in [2.24, 2.45) is 0 Å². The van der Waals surface area contributed by atoms with Gasteiger partial charge in [-0.05, 0) is 67.1 Å². The van der Waals surface area contributed by atoms with Crippen molar-refractivity contribution < 1.29 is 22.7 Å². The Morgan fingerprint density at radius 1 is 0.964 bits per heavy atom.